The Bertz CT molecular complexity index is 1450. The summed E-state index contributed by atoms with van der Waals surface area (Å²) in [5, 5.41) is 20.7. The first kappa shape index (κ1) is 21.1. The van der Waals surface area contributed by atoms with Crippen LogP contribution in [0.25, 0.3) is 33.4 Å². The van der Waals surface area contributed by atoms with Crippen molar-refractivity contribution in [2.45, 2.75) is 20.8 Å². The molecule has 1 aliphatic carbocycles. The summed E-state index contributed by atoms with van der Waals surface area (Å²) >= 11 is 0. The van der Waals surface area contributed by atoms with Gasteiger partial charge in [-0.1, -0.05) is 6.07 Å². The first-order valence-corrected chi connectivity index (χ1v) is 10.1. The van der Waals surface area contributed by atoms with Crippen LogP contribution in [0.1, 0.15) is 38.8 Å². The lowest BCUT2D eigenvalue weighted by Gasteiger charge is -2.19. The number of nitrogens with zero attached hydrogens (tertiary/aromatic N) is 1. The average molecular weight is 430 g/mol. The molecule has 0 atom stereocenters. The molecule has 0 bridgehead atoms. The fraction of sp³-hybridized carbons (Fsp3) is 0.160. The maximum atomic E-state index is 12.1. The van der Waals surface area contributed by atoms with Crippen LogP contribution in [0.5, 0.6) is 0 Å². The number of hydrogen-bond acceptors (Lipinski definition) is 5. The molecule has 2 aliphatic rings. The monoisotopic (exact) mass is 430 g/mol. The smallest absolute Gasteiger partial charge is 0.336 e. The van der Waals surface area contributed by atoms with E-state index in [1.54, 1.807) is 6.07 Å². The van der Waals surface area contributed by atoms with Crippen molar-refractivity contribution in [3.63, 3.8) is 0 Å². The van der Waals surface area contributed by atoms with Gasteiger partial charge in [0.05, 0.1) is 16.5 Å². The number of carbonyl (C=O) groups is 2. The molecule has 2 aromatic carbocycles. The Morgan fingerprint density at radius 2 is 1.72 bits per heavy atom. The van der Waals surface area contributed by atoms with Crippen LogP contribution in [0.4, 0.5) is 5.69 Å². The largest absolute Gasteiger partial charge is 0.478 e. The number of nitrogens with two attached hydrogens (primary N) is 1. The molecular weight excluding hydrogens is 408 g/mol. The van der Waals surface area contributed by atoms with Crippen molar-refractivity contribution < 1.29 is 24.2 Å². The summed E-state index contributed by atoms with van der Waals surface area (Å²) in [7, 11) is 0. The Morgan fingerprint density at radius 3 is 2.38 bits per heavy atom. The van der Waals surface area contributed by atoms with Crippen LogP contribution < -0.4 is 11.1 Å². The lowest BCUT2D eigenvalue weighted by Crippen LogP contribution is -2.10. The molecule has 0 fully saturated rings. The predicted molar refractivity (Wildman–Crippen MR) is 122 cm³/mol. The number of carboxylic acids is 2. The SMILES string of the molecule is CC/N=c1\cc2oc3cc(N)c(C)cc3c(-c3ccc(C(=O)O)cc3C(=O)O)c-2cc1C. The van der Waals surface area contributed by atoms with E-state index in [1.165, 1.54) is 18.2 Å². The van der Waals surface area contributed by atoms with Gasteiger partial charge >= 0.3 is 11.9 Å². The number of carboxylic acid groups (broad SMARTS) is 2. The maximum Gasteiger partial charge on any atom is 0.336 e. The zero-order valence-corrected chi connectivity index (χ0v) is 17.9. The van der Waals surface area contributed by atoms with Crippen LogP contribution in [0, 0.1) is 13.8 Å². The zero-order valence-electron chi connectivity index (χ0n) is 17.9. The fourth-order valence-corrected chi connectivity index (χ4v) is 3.91. The van der Waals surface area contributed by atoms with E-state index in [0.29, 0.717) is 45.7 Å². The van der Waals surface area contributed by atoms with Crippen LogP contribution in [0.15, 0.2) is 51.9 Å². The van der Waals surface area contributed by atoms with Gasteiger partial charge in [-0.25, -0.2) is 9.59 Å². The second kappa shape index (κ2) is 7.85. The fourth-order valence-electron chi connectivity index (χ4n) is 3.91. The number of nitrogen functional groups attached to an aromatic ring is 1. The van der Waals surface area contributed by atoms with Crippen molar-refractivity contribution in [3.05, 3.63) is 70.1 Å². The van der Waals surface area contributed by atoms with Crippen LogP contribution >= 0.6 is 0 Å². The quantitative estimate of drug-likeness (QED) is 0.318. The van der Waals surface area contributed by atoms with Gasteiger partial charge in [0, 0.05) is 40.9 Å². The molecule has 1 heterocycles. The van der Waals surface area contributed by atoms with Crippen molar-refractivity contribution in [3.8, 4) is 22.5 Å². The van der Waals surface area contributed by atoms with E-state index in [-0.39, 0.29) is 11.1 Å². The van der Waals surface area contributed by atoms with E-state index < -0.39 is 11.9 Å². The topological polar surface area (TPSA) is 126 Å². The van der Waals surface area contributed by atoms with E-state index >= 15 is 0 Å². The average Bonchev–Trinajstić information content (AvgIpc) is 2.74. The van der Waals surface area contributed by atoms with E-state index in [4.69, 9.17) is 10.2 Å². The molecule has 7 nitrogen and oxygen atoms in total. The first-order chi connectivity index (χ1) is 15.2. The number of hydrogen-bond donors (Lipinski definition) is 3. The third-order valence-corrected chi connectivity index (χ3v) is 5.52. The first-order valence-electron chi connectivity index (χ1n) is 10.1. The van der Waals surface area contributed by atoms with Crippen molar-refractivity contribution in [1.29, 1.82) is 0 Å². The van der Waals surface area contributed by atoms with Crippen molar-refractivity contribution >= 4 is 28.6 Å². The van der Waals surface area contributed by atoms with Crippen molar-refractivity contribution in [2.75, 3.05) is 12.3 Å². The van der Waals surface area contributed by atoms with E-state index in [0.717, 1.165) is 16.5 Å². The maximum absolute atomic E-state index is 12.1. The summed E-state index contributed by atoms with van der Waals surface area (Å²) in [5.41, 5.74) is 10.5. The van der Waals surface area contributed by atoms with Gasteiger partial charge in [0.1, 0.15) is 11.3 Å². The van der Waals surface area contributed by atoms with E-state index in [9.17, 15) is 19.8 Å². The Morgan fingerprint density at radius 1 is 0.969 bits per heavy atom. The van der Waals surface area contributed by atoms with Gasteiger partial charge in [0.15, 0.2) is 0 Å². The lowest BCUT2D eigenvalue weighted by molar-refractivity contribution is 0.0696. The molecular formula is C25H22N2O5. The summed E-state index contributed by atoms with van der Waals surface area (Å²) in [6.45, 7) is 6.35. The molecule has 0 radical (unpaired) electrons. The molecule has 2 aromatic rings. The zero-order chi connectivity index (χ0) is 23.2. The minimum atomic E-state index is -1.22. The highest BCUT2D eigenvalue weighted by atomic mass is 16.4. The Hall–Kier alpha value is -4.13. The summed E-state index contributed by atoms with van der Waals surface area (Å²) in [5.74, 6) is -1.87. The van der Waals surface area contributed by atoms with Crippen molar-refractivity contribution in [1.82, 2.24) is 0 Å². The van der Waals surface area contributed by atoms with Gasteiger partial charge in [0.2, 0.25) is 0 Å². The minimum Gasteiger partial charge on any atom is -0.478 e. The number of rotatable bonds is 4. The molecule has 0 unspecified atom stereocenters. The van der Waals surface area contributed by atoms with Gasteiger partial charge in [-0.05, 0) is 61.7 Å². The number of anilines is 1. The van der Waals surface area contributed by atoms with E-state index in [1.807, 2.05) is 39.0 Å². The van der Waals surface area contributed by atoms with Gasteiger partial charge in [-0.3, -0.25) is 4.99 Å². The molecule has 32 heavy (non-hydrogen) atoms. The summed E-state index contributed by atoms with van der Waals surface area (Å²) in [6, 6.07) is 11.5. The summed E-state index contributed by atoms with van der Waals surface area (Å²) < 4.78 is 6.17. The summed E-state index contributed by atoms with van der Waals surface area (Å²) in [6.07, 6.45) is 0. The number of fused-ring (bicyclic) bond motifs is 2. The van der Waals surface area contributed by atoms with Crippen LogP contribution in [-0.2, 0) is 0 Å². The lowest BCUT2D eigenvalue weighted by atomic mass is 9.88. The molecule has 7 heteroatoms. The number of aromatic carboxylic acids is 2. The normalized spacial score (nSPS) is 11.9. The molecule has 162 valence electrons. The third-order valence-electron chi connectivity index (χ3n) is 5.52. The Kier molecular flexibility index (Phi) is 5.18. The predicted octanol–water partition coefficient (Wildman–Crippen LogP) is 4.72. The molecule has 4 rings (SSSR count). The highest BCUT2D eigenvalue weighted by molar-refractivity contribution is 6.09. The summed E-state index contributed by atoms with van der Waals surface area (Å²) in [4.78, 5) is 28.1. The molecule has 0 saturated heterocycles. The van der Waals surface area contributed by atoms with E-state index in [2.05, 4.69) is 4.99 Å². The molecule has 0 aromatic heterocycles. The molecule has 4 N–H and O–H groups in total. The van der Waals surface area contributed by atoms with Crippen LogP contribution in [0.2, 0.25) is 0 Å². The van der Waals surface area contributed by atoms with Gasteiger partial charge in [0.25, 0.3) is 0 Å². The minimum absolute atomic E-state index is 0.0963. The third kappa shape index (κ3) is 3.47. The molecule has 0 saturated carbocycles. The van der Waals surface area contributed by atoms with Crippen molar-refractivity contribution in [2.24, 2.45) is 4.99 Å². The molecule has 0 amide bonds. The number of aryl methyl sites for hydroxylation is 2. The Balaban J connectivity index is 2.22. The van der Waals surface area contributed by atoms with Gasteiger partial charge < -0.3 is 20.4 Å². The second-order valence-electron chi connectivity index (χ2n) is 7.66. The van der Waals surface area contributed by atoms with Gasteiger partial charge in [-0.15, -0.1) is 0 Å². The van der Waals surface area contributed by atoms with Crippen LogP contribution in [0.3, 0.4) is 0 Å². The second-order valence-corrected chi connectivity index (χ2v) is 7.66. The highest BCUT2D eigenvalue weighted by Crippen LogP contribution is 2.42. The van der Waals surface area contributed by atoms with Crippen LogP contribution in [-0.4, -0.2) is 28.7 Å². The molecule has 1 aliphatic heterocycles. The number of benzene rings is 3. The standard InChI is InChI=1S/C25H22N2O5/c1-4-27-20-11-22-18(8-13(20)3)23(17-7-12(2)19(26)10-21(17)32-22)15-6-5-14(24(28)29)9-16(15)25(30)31/h5-11H,4,26H2,1-3H3,(H,28,29)(H,30,31)/b27-20+. The molecule has 0 spiro atoms. The highest BCUT2D eigenvalue weighted by Gasteiger charge is 2.23. The van der Waals surface area contributed by atoms with Gasteiger partial charge in [-0.2, -0.15) is 0 Å². The Labute approximate surface area is 183 Å².